The standard InChI is InChI=1S/C19H23N5O/c1-13-6-8-22-12-17(20-18(22)9-13)19(25)23-7-4-5-16(23)11-24-15(3)10-14(2)21-24/h6,8-10,12,16H,4-5,7,11H2,1-3H3. The number of aromatic nitrogens is 4. The van der Waals surface area contributed by atoms with E-state index in [1.54, 1.807) is 0 Å². The van der Waals surface area contributed by atoms with Gasteiger partial charge in [-0.25, -0.2) is 4.98 Å². The van der Waals surface area contributed by atoms with Crippen LogP contribution in [0.4, 0.5) is 0 Å². The Morgan fingerprint density at radius 1 is 1.28 bits per heavy atom. The molecule has 4 rings (SSSR count). The summed E-state index contributed by atoms with van der Waals surface area (Å²) in [7, 11) is 0. The molecule has 6 heteroatoms. The Morgan fingerprint density at radius 2 is 2.12 bits per heavy atom. The Bertz CT molecular complexity index is 939. The summed E-state index contributed by atoms with van der Waals surface area (Å²) in [6.45, 7) is 7.62. The van der Waals surface area contributed by atoms with E-state index in [9.17, 15) is 4.79 Å². The van der Waals surface area contributed by atoms with Crippen molar-refractivity contribution in [2.75, 3.05) is 6.54 Å². The first kappa shape index (κ1) is 15.9. The summed E-state index contributed by atoms with van der Waals surface area (Å²) in [5.41, 5.74) is 4.63. The van der Waals surface area contributed by atoms with E-state index in [0.717, 1.165) is 48.5 Å². The molecule has 0 aliphatic carbocycles. The van der Waals surface area contributed by atoms with Crippen LogP contribution in [0.15, 0.2) is 30.6 Å². The quantitative estimate of drug-likeness (QED) is 0.738. The summed E-state index contributed by atoms with van der Waals surface area (Å²) in [4.78, 5) is 19.5. The van der Waals surface area contributed by atoms with Crippen molar-refractivity contribution in [1.29, 1.82) is 0 Å². The molecular weight excluding hydrogens is 314 g/mol. The molecule has 3 aromatic heterocycles. The van der Waals surface area contributed by atoms with Crippen LogP contribution in [0.25, 0.3) is 5.65 Å². The molecule has 1 aliphatic rings. The Balaban J connectivity index is 1.58. The Labute approximate surface area is 147 Å². The lowest BCUT2D eigenvalue weighted by atomic mass is 10.2. The fourth-order valence-corrected chi connectivity index (χ4v) is 3.69. The van der Waals surface area contributed by atoms with Gasteiger partial charge in [0.25, 0.3) is 5.91 Å². The highest BCUT2D eigenvalue weighted by molar-refractivity contribution is 5.93. The number of carbonyl (C=O) groups excluding carboxylic acids is 1. The number of rotatable bonds is 3. The predicted octanol–water partition coefficient (Wildman–Crippen LogP) is 2.76. The third kappa shape index (κ3) is 2.92. The number of imidazole rings is 1. The maximum atomic E-state index is 13.0. The highest BCUT2D eigenvalue weighted by Crippen LogP contribution is 2.22. The maximum Gasteiger partial charge on any atom is 0.274 e. The van der Waals surface area contributed by atoms with E-state index >= 15 is 0 Å². The molecule has 0 spiro atoms. The molecule has 0 saturated carbocycles. The summed E-state index contributed by atoms with van der Waals surface area (Å²) in [6, 6.07) is 6.27. The van der Waals surface area contributed by atoms with E-state index in [-0.39, 0.29) is 11.9 Å². The minimum Gasteiger partial charge on any atom is -0.332 e. The van der Waals surface area contributed by atoms with Gasteiger partial charge in [-0.15, -0.1) is 0 Å². The predicted molar refractivity (Wildman–Crippen MR) is 95.7 cm³/mol. The van der Waals surface area contributed by atoms with E-state index in [0.29, 0.717) is 5.69 Å². The SMILES string of the molecule is Cc1ccn2cc(C(=O)N3CCCC3Cn3nc(C)cc3C)nc2c1. The van der Waals surface area contributed by atoms with Gasteiger partial charge in [-0.2, -0.15) is 5.10 Å². The van der Waals surface area contributed by atoms with Gasteiger partial charge in [0.05, 0.1) is 18.3 Å². The summed E-state index contributed by atoms with van der Waals surface area (Å²) < 4.78 is 3.92. The molecule has 0 bridgehead atoms. The minimum absolute atomic E-state index is 0.0189. The Hall–Kier alpha value is -2.63. The van der Waals surface area contributed by atoms with Crippen LogP contribution in [0.3, 0.4) is 0 Å². The van der Waals surface area contributed by atoms with E-state index in [2.05, 4.69) is 23.1 Å². The van der Waals surface area contributed by atoms with Crippen LogP contribution in [-0.4, -0.2) is 42.6 Å². The zero-order valence-corrected chi connectivity index (χ0v) is 14.9. The monoisotopic (exact) mass is 337 g/mol. The number of amides is 1. The van der Waals surface area contributed by atoms with E-state index in [4.69, 9.17) is 0 Å². The van der Waals surface area contributed by atoms with Crippen molar-refractivity contribution in [2.24, 2.45) is 0 Å². The second-order valence-corrected chi connectivity index (χ2v) is 7.00. The topological polar surface area (TPSA) is 55.4 Å². The van der Waals surface area contributed by atoms with Crippen LogP contribution in [0.5, 0.6) is 0 Å². The van der Waals surface area contributed by atoms with E-state index in [1.165, 1.54) is 0 Å². The van der Waals surface area contributed by atoms with Gasteiger partial charge in [-0.05, 0) is 57.4 Å². The van der Waals surface area contributed by atoms with Gasteiger partial charge < -0.3 is 9.30 Å². The molecule has 0 N–H and O–H groups in total. The maximum absolute atomic E-state index is 13.0. The molecule has 1 unspecified atom stereocenters. The first-order chi connectivity index (χ1) is 12.0. The van der Waals surface area contributed by atoms with Crippen molar-refractivity contribution in [3.05, 3.63) is 53.2 Å². The second-order valence-electron chi connectivity index (χ2n) is 7.00. The highest BCUT2D eigenvalue weighted by atomic mass is 16.2. The van der Waals surface area contributed by atoms with Crippen molar-refractivity contribution in [2.45, 2.75) is 46.2 Å². The van der Waals surface area contributed by atoms with Crippen molar-refractivity contribution in [3.63, 3.8) is 0 Å². The molecule has 4 heterocycles. The number of carbonyl (C=O) groups is 1. The van der Waals surface area contributed by atoms with Gasteiger partial charge in [0.2, 0.25) is 0 Å². The van der Waals surface area contributed by atoms with Gasteiger partial charge in [-0.3, -0.25) is 9.48 Å². The Morgan fingerprint density at radius 3 is 2.88 bits per heavy atom. The summed E-state index contributed by atoms with van der Waals surface area (Å²) in [6.07, 6.45) is 5.82. The second kappa shape index (κ2) is 6.02. The molecule has 1 saturated heterocycles. The lowest BCUT2D eigenvalue weighted by Crippen LogP contribution is -2.38. The highest BCUT2D eigenvalue weighted by Gasteiger charge is 2.31. The molecule has 1 aliphatic heterocycles. The minimum atomic E-state index is 0.0189. The average molecular weight is 337 g/mol. The summed E-state index contributed by atoms with van der Waals surface area (Å²) >= 11 is 0. The van der Waals surface area contributed by atoms with Crippen LogP contribution >= 0.6 is 0 Å². The molecule has 130 valence electrons. The molecule has 6 nitrogen and oxygen atoms in total. The lowest BCUT2D eigenvalue weighted by molar-refractivity contribution is 0.0716. The summed E-state index contributed by atoms with van der Waals surface area (Å²) in [5, 5.41) is 4.54. The van der Waals surface area contributed by atoms with Crippen molar-refractivity contribution >= 4 is 11.6 Å². The number of hydrogen-bond donors (Lipinski definition) is 0. The number of likely N-dealkylation sites (tertiary alicyclic amines) is 1. The normalized spacial score (nSPS) is 17.6. The first-order valence-corrected chi connectivity index (χ1v) is 8.78. The lowest BCUT2D eigenvalue weighted by Gasteiger charge is -2.24. The van der Waals surface area contributed by atoms with Gasteiger partial charge in [0.1, 0.15) is 11.3 Å². The molecule has 1 amide bonds. The van der Waals surface area contributed by atoms with Crippen LogP contribution in [0.1, 0.15) is 40.3 Å². The van der Waals surface area contributed by atoms with Crippen molar-refractivity contribution in [3.8, 4) is 0 Å². The third-order valence-corrected chi connectivity index (χ3v) is 4.96. The van der Waals surface area contributed by atoms with Crippen LogP contribution in [0, 0.1) is 20.8 Å². The third-order valence-electron chi connectivity index (χ3n) is 4.96. The molecular formula is C19H23N5O. The first-order valence-electron chi connectivity index (χ1n) is 8.78. The molecule has 3 aromatic rings. The largest absolute Gasteiger partial charge is 0.332 e. The fraction of sp³-hybridized carbons (Fsp3) is 0.421. The number of pyridine rings is 1. The van der Waals surface area contributed by atoms with Crippen LogP contribution in [-0.2, 0) is 6.54 Å². The molecule has 0 aromatic carbocycles. The number of nitrogens with zero attached hydrogens (tertiary/aromatic N) is 5. The van der Waals surface area contributed by atoms with Crippen molar-refractivity contribution in [1.82, 2.24) is 24.1 Å². The molecule has 25 heavy (non-hydrogen) atoms. The number of hydrogen-bond acceptors (Lipinski definition) is 3. The number of aryl methyl sites for hydroxylation is 3. The molecule has 0 radical (unpaired) electrons. The van der Waals surface area contributed by atoms with Gasteiger partial charge in [-0.1, -0.05) is 0 Å². The zero-order valence-electron chi connectivity index (χ0n) is 14.9. The average Bonchev–Trinajstić information content (AvgIpc) is 3.26. The molecule has 1 fully saturated rings. The number of fused-ring (bicyclic) bond motifs is 1. The molecule has 1 atom stereocenters. The van der Waals surface area contributed by atoms with E-state index < -0.39 is 0 Å². The van der Waals surface area contributed by atoms with Crippen LogP contribution in [0.2, 0.25) is 0 Å². The smallest absolute Gasteiger partial charge is 0.274 e. The van der Waals surface area contributed by atoms with Crippen LogP contribution < -0.4 is 0 Å². The van der Waals surface area contributed by atoms with Gasteiger partial charge in [0, 0.05) is 24.6 Å². The summed E-state index contributed by atoms with van der Waals surface area (Å²) in [5.74, 6) is 0.0189. The van der Waals surface area contributed by atoms with Gasteiger partial charge >= 0.3 is 0 Å². The van der Waals surface area contributed by atoms with E-state index in [1.807, 2.05) is 52.4 Å². The van der Waals surface area contributed by atoms with Crippen molar-refractivity contribution < 1.29 is 4.79 Å². The Kier molecular flexibility index (Phi) is 3.82. The zero-order chi connectivity index (χ0) is 17.6. The van der Waals surface area contributed by atoms with Gasteiger partial charge in [0.15, 0.2) is 0 Å². The fourth-order valence-electron chi connectivity index (χ4n) is 3.69.